The largest absolute Gasteiger partial charge is 0.444 e. The Labute approximate surface area is 95.6 Å². The number of nitrogens with zero attached hydrogens (tertiary/aromatic N) is 1. The minimum atomic E-state index is 0.0737. The van der Waals surface area contributed by atoms with Crippen LogP contribution >= 0.6 is 0 Å². The lowest BCUT2D eigenvalue weighted by molar-refractivity contribution is -0.120. The average Bonchev–Trinajstić information content (AvgIpc) is 2.57. The molecule has 0 unspecified atom stereocenters. The van der Waals surface area contributed by atoms with E-state index in [0.29, 0.717) is 18.9 Å². The van der Waals surface area contributed by atoms with Gasteiger partial charge in [-0.25, -0.2) is 4.98 Å². The normalized spacial score (nSPS) is 10.4. The summed E-state index contributed by atoms with van der Waals surface area (Å²) < 4.78 is 5.41. The van der Waals surface area contributed by atoms with Crippen LogP contribution in [-0.2, 0) is 11.3 Å². The second-order valence-electron chi connectivity index (χ2n) is 3.70. The van der Waals surface area contributed by atoms with Gasteiger partial charge in [0.05, 0.1) is 12.2 Å². The standard InChI is InChI=1S/C11H19N3O2/c1-8-9(2)16-11(14-8)7-13-6-4-5-10(15)12-3/h13H,4-7H2,1-3H3,(H,12,15). The van der Waals surface area contributed by atoms with Gasteiger partial charge < -0.3 is 15.1 Å². The van der Waals surface area contributed by atoms with Gasteiger partial charge in [0.2, 0.25) is 11.8 Å². The molecule has 0 radical (unpaired) electrons. The zero-order chi connectivity index (χ0) is 12.0. The molecular weight excluding hydrogens is 206 g/mol. The molecule has 1 aromatic heterocycles. The van der Waals surface area contributed by atoms with Crippen molar-refractivity contribution < 1.29 is 9.21 Å². The Kier molecular flexibility index (Phi) is 4.98. The van der Waals surface area contributed by atoms with Gasteiger partial charge >= 0.3 is 0 Å². The fourth-order valence-electron chi connectivity index (χ4n) is 1.31. The Morgan fingerprint density at radius 2 is 2.19 bits per heavy atom. The quantitative estimate of drug-likeness (QED) is 0.706. The van der Waals surface area contributed by atoms with E-state index in [2.05, 4.69) is 15.6 Å². The number of carbonyl (C=O) groups excluding carboxylic acids is 1. The molecule has 0 aliphatic heterocycles. The summed E-state index contributed by atoms with van der Waals surface area (Å²) >= 11 is 0. The Morgan fingerprint density at radius 3 is 2.75 bits per heavy atom. The zero-order valence-corrected chi connectivity index (χ0v) is 10.1. The lowest BCUT2D eigenvalue weighted by atomic mass is 10.3. The fraction of sp³-hybridized carbons (Fsp3) is 0.636. The highest BCUT2D eigenvalue weighted by molar-refractivity contribution is 5.75. The number of carbonyl (C=O) groups is 1. The Morgan fingerprint density at radius 1 is 1.44 bits per heavy atom. The third-order valence-electron chi connectivity index (χ3n) is 2.39. The van der Waals surface area contributed by atoms with Crippen LogP contribution in [0.25, 0.3) is 0 Å². The molecule has 0 spiro atoms. The number of hydrogen-bond donors (Lipinski definition) is 2. The van der Waals surface area contributed by atoms with Gasteiger partial charge in [-0.2, -0.15) is 0 Å². The molecule has 1 rings (SSSR count). The third kappa shape index (κ3) is 4.02. The number of amides is 1. The van der Waals surface area contributed by atoms with E-state index in [-0.39, 0.29) is 5.91 Å². The summed E-state index contributed by atoms with van der Waals surface area (Å²) in [6, 6.07) is 0. The van der Waals surface area contributed by atoms with E-state index in [1.807, 2.05) is 13.8 Å². The van der Waals surface area contributed by atoms with E-state index in [0.717, 1.165) is 24.4 Å². The number of nitrogens with one attached hydrogen (secondary N) is 2. The minimum Gasteiger partial charge on any atom is -0.444 e. The number of rotatable bonds is 6. The molecule has 5 nitrogen and oxygen atoms in total. The van der Waals surface area contributed by atoms with Crippen molar-refractivity contribution >= 4 is 5.91 Å². The van der Waals surface area contributed by atoms with Crippen LogP contribution in [0.3, 0.4) is 0 Å². The molecule has 2 N–H and O–H groups in total. The van der Waals surface area contributed by atoms with E-state index < -0.39 is 0 Å². The maximum Gasteiger partial charge on any atom is 0.219 e. The SMILES string of the molecule is CNC(=O)CCCNCc1nc(C)c(C)o1. The van der Waals surface area contributed by atoms with Gasteiger partial charge in [-0.3, -0.25) is 4.79 Å². The van der Waals surface area contributed by atoms with Crippen LogP contribution in [-0.4, -0.2) is 24.5 Å². The van der Waals surface area contributed by atoms with Crippen LogP contribution in [0.4, 0.5) is 0 Å². The topological polar surface area (TPSA) is 67.2 Å². The smallest absolute Gasteiger partial charge is 0.219 e. The lowest BCUT2D eigenvalue weighted by Crippen LogP contribution is -2.21. The highest BCUT2D eigenvalue weighted by Gasteiger charge is 2.04. The Balaban J connectivity index is 2.14. The Hall–Kier alpha value is -1.36. The van der Waals surface area contributed by atoms with Crippen molar-refractivity contribution in [3.8, 4) is 0 Å². The molecule has 0 aliphatic carbocycles. The maximum atomic E-state index is 10.9. The van der Waals surface area contributed by atoms with Gasteiger partial charge in [-0.05, 0) is 26.8 Å². The first kappa shape index (κ1) is 12.7. The molecule has 90 valence electrons. The minimum absolute atomic E-state index is 0.0737. The van der Waals surface area contributed by atoms with E-state index >= 15 is 0 Å². The van der Waals surface area contributed by atoms with E-state index in [1.165, 1.54) is 0 Å². The van der Waals surface area contributed by atoms with Crippen molar-refractivity contribution in [1.82, 2.24) is 15.6 Å². The number of aryl methyl sites for hydroxylation is 2. The van der Waals surface area contributed by atoms with E-state index in [4.69, 9.17) is 4.42 Å². The summed E-state index contributed by atoms with van der Waals surface area (Å²) in [4.78, 5) is 15.2. The molecule has 5 heteroatoms. The first-order chi connectivity index (χ1) is 7.63. The summed E-state index contributed by atoms with van der Waals surface area (Å²) in [5, 5.41) is 5.77. The summed E-state index contributed by atoms with van der Waals surface area (Å²) in [5.41, 5.74) is 0.933. The monoisotopic (exact) mass is 225 g/mol. The van der Waals surface area contributed by atoms with Crippen LogP contribution in [0.1, 0.15) is 30.2 Å². The van der Waals surface area contributed by atoms with Crippen LogP contribution in [0, 0.1) is 13.8 Å². The lowest BCUT2D eigenvalue weighted by Gasteiger charge is -2.01. The number of aromatic nitrogens is 1. The number of hydrogen-bond acceptors (Lipinski definition) is 4. The molecule has 0 bridgehead atoms. The van der Waals surface area contributed by atoms with Gasteiger partial charge in [0.1, 0.15) is 5.76 Å². The average molecular weight is 225 g/mol. The van der Waals surface area contributed by atoms with Crippen LogP contribution < -0.4 is 10.6 Å². The third-order valence-corrected chi connectivity index (χ3v) is 2.39. The predicted octanol–water partition coefficient (Wildman–Crippen LogP) is 0.907. The zero-order valence-electron chi connectivity index (χ0n) is 10.1. The summed E-state index contributed by atoms with van der Waals surface area (Å²) in [7, 11) is 1.65. The summed E-state index contributed by atoms with van der Waals surface area (Å²) in [6.07, 6.45) is 1.37. The molecule has 0 aromatic carbocycles. The fourth-order valence-corrected chi connectivity index (χ4v) is 1.31. The van der Waals surface area contributed by atoms with Crippen molar-refractivity contribution in [3.63, 3.8) is 0 Å². The predicted molar refractivity (Wildman–Crippen MR) is 61.0 cm³/mol. The second-order valence-corrected chi connectivity index (χ2v) is 3.70. The van der Waals surface area contributed by atoms with Gasteiger partial charge in [0, 0.05) is 13.5 Å². The van der Waals surface area contributed by atoms with E-state index in [9.17, 15) is 4.79 Å². The molecule has 1 amide bonds. The molecule has 0 atom stereocenters. The van der Waals surface area contributed by atoms with Gasteiger partial charge in [0.15, 0.2) is 0 Å². The van der Waals surface area contributed by atoms with Crippen LogP contribution in [0.15, 0.2) is 4.42 Å². The molecule has 0 aliphatic rings. The molecular formula is C11H19N3O2. The summed E-state index contributed by atoms with van der Waals surface area (Å²) in [5.74, 6) is 1.64. The maximum absolute atomic E-state index is 10.9. The van der Waals surface area contributed by atoms with Crippen molar-refractivity contribution in [1.29, 1.82) is 0 Å². The van der Waals surface area contributed by atoms with Gasteiger partial charge in [0.25, 0.3) is 0 Å². The molecule has 16 heavy (non-hydrogen) atoms. The van der Waals surface area contributed by atoms with Crippen LogP contribution in [0.2, 0.25) is 0 Å². The van der Waals surface area contributed by atoms with Crippen molar-refractivity contribution in [3.05, 3.63) is 17.3 Å². The molecule has 1 heterocycles. The molecule has 1 aromatic rings. The van der Waals surface area contributed by atoms with Gasteiger partial charge in [-0.15, -0.1) is 0 Å². The van der Waals surface area contributed by atoms with E-state index in [1.54, 1.807) is 7.05 Å². The van der Waals surface area contributed by atoms with Crippen molar-refractivity contribution in [2.45, 2.75) is 33.2 Å². The number of oxazole rings is 1. The molecule has 0 saturated heterocycles. The van der Waals surface area contributed by atoms with Crippen molar-refractivity contribution in [2.75, 3.05) is 13.6 Å². The van der Waals surface area contributed by atoms with Crippen molar-refractivity contribution in [2.24, 2.45) is 0 Å². The highest BCUT2D eigenvalue weighted by atomic mass is 16.4. The van der Waals surface area contributed by atoms with Crippen LogP contribution in [0.5, 0.6) is 0 Å². The summed E-state index contributed by atoms with van der Waals surface area (Å²) in [6.45, 7) is 5.22. The molecule has 0 saturated carbocycles. The highest BCUT2D eigenvalue weighted by Crippen LogP contribution is 2.07. The second kappa shape index (κ2) is 6.27. The first-order valence-corrected chi connectivity index (χ1v) is 5.47. The molecule has 0 fully saturated rings. The Bertz CT molecular complexity index is 327. The first-order valence-electron chi connectivity index (χ1n) is 5.47. The van der Waals surface area contributed by atoms with Gasteiger partial charge in [-0.1, -0.05) is 0 Å².